The van der Waals surface area contributed by atoms with E-state index in [0.717, 1.165) is 17.8 Å². The van der Waals surface area contributed by atoms with E-state index in [4.69, 9.17) is 27.9 Å². The van der Waals surface area contributed by atoms with Gasteiger partial charge < -0.3 is 10.1 Å². The van der Waals surface area contributed by atoms with Crippen molar-refractivity contribution in [3.63, 3.8) is 0 Å². The van der Waals surface area contributed by atoms with Crippen molar-refractivity contribution in [2.75, 3.05) is 12.4 Å². The van der Waals surface area contributed by atoms with Crippen LogP contribution in [0.3, 0.4) is 0 Å². The van der Waals surface area contributed by atoms with Crippen LogP contribution in [-0.4, -0.2) is 17.0 Å². The number of anilines is 1. The van der Waals surface area contributed by atoms with Gasteiger partial charge in [0.2, 0.25) is 5.88 Å². The van der Waals surface area contributed by atoms with Gasteiger partial charge in [0.05, 0.1) is 10.6 Å². The number of benzene rings is 1. The van der Waals surface area contributed by atoms with E-state index in [1.807, 2.05) is 6.92 Å². The molecule has 0 aliphatic carbocycles. The minimum absolute atomic E-state index is 0.444. The lowest BCUT2D eigenvalue weighted by molar-refractivity contribution is 0.456. The third kappa shape index (κ3) is 3.08. The van der Waals surface area contributed by atoms with Gasteiger partial charge in [-0.25, -0.2) is 9.97 Å². The SMILES string of the molecule is CCc1c(NC)ncnc1Oc1ccc(Cl)cc1Cl. The summed E-state index contributed by atoms with van der Waals surface area (Å²) in [5.41, 5.74) is 0.899. The van der Waals surface area contributed by atoms with Crippen molar-refractivity contribution in [3.8, 4) is 11.6 Å². The molecule has 6 heteroatoms. The fourth-order valence-corrected chi connectivity index (χ4v) is 2.13. The van der Waals surface area contributed by atoms with Crippen LogP contribution in [0.25, 0.3) is 0 Å². The molecule has 0 radical (unpaired) electrons. The molecule has 0 bridgehead atoms. The molecule has 2 rings (SSSR count). The second-order valence-corrected chi connectivity index (χ2v) is 4.63. The minimum Gasteiger partial charge on any atom is -0.437 e. The van der Waals surface area contributed by atoms with Gasteiger partial charge in [-0.3, -0.25) is 0 Å². The standard InChI is InChI=1S/C13H13Cl2N3O/c1-3-9-12(16-2)17-7-18-13(9)19-11-5-4-8(14)6-10(11)15/h4-7H,3H2,1-2H3,(H,16,17,18). The van der Waals surface area contributed by atoms with Crippen LogP contribution in [0.4, 0.5) is 5.82 Å². The highest BCUT2D eigenvalue weighted by atomic mass is 35.5. The third-order valence-electron chi connectivity index (χ3n) is 2.60. The summed E-state index contributed by atoms with van der Waals surface area (Å²) < 4.78 is 5.75. The summed E-state index contributed by atoms with van der Waals surface area (Å²) in [6.45, 7) is 2.01. The first-order valence-electron chi connectivity index (χ1n) is 5.80. The van der Waals surface area contributed by atoms with Gasteiger partial charge in [0, 0.05) is 12.1 Å². The molecule has 1 heterocycles. The Kier molecular flexibility index (Phi) is 4.45. The van der Waals surface area contributed by atoms with Gasteiger partial charge in [0.1, 0.15) is 17.9 Å². The van der Waals surface area contributed by atoms with Crippen molar-refractivity contribution in [1.29, 1.82) is 0 Å². The van der Waals surface area contributed by atoms with Gasteiger partial charge in [0.25, 0.3) is 0 Å². The van der Waals surface area contributed by atoms with Gasteiger partial charge in [-0.2, -0.15) is 0 Å². The zero-order valence-electron chi connectivity index (χ0n) is 10.6. The van der Waals surface area contributed by atoms with E-state index in [0.29, 0.717) is 21.7 Å². The molecule has 0 saturated carbocycles. The smallest absolute Gasteiger partial charge is 0.227 e. The third-order valence-corrected chi connectivity index (χ3v) is 3.13. The molecule has 1 aromatic carbocycles. The van der Waals surface area contributed by atoms with Gasteiger partial charge in [-0.1, -0.05) is 30.1 Å². The zero-order valence-corrected chi connectivity index (χ0v) is 12.1. The van der Waals surface area contributed by atoms with E-state index in [1.54, 1.807) is 25.2 Å². The molecular formula is C13H13Cl2N3O. The Morgan fingerprint density at radius 1 is 1.26 bits per heavy atom. The van der Waals surface area contributed by atoms with Crippen molar-refractivity contribution in [2.24, 2.45) is 0 Å². The molecule has 0 saturated heterocycles. The first-order valence-corrected chi connectivity index (χ1v) is 6.55. The van der Waals surface area contributed by atoms with Gasteiger partial charge >= 0.3 is 0 Å². The second-order valence-electron chi connectivity index (χ2n) is 3.79. The number of halogens is 2. The van der Waals surface area contributed by atoms with Crippen molar-refractivity contribution in [3.05, 3.63) is 40.1 Å². The van der Waals surface area contributed by atoms with E-state index >= 15 is 0 Å². The molecule has 1 N–H and O–H groups in total. The van der Waals surface area contributed by atoms with Crippen LogP contribution in [0.1, 0.15) is 12.5 Å². The number of hydrogen-bond donors (Lipinski definition) is 1. The summed E-state index contributed by atoms with van der Waals surface area (Å²) in [4.78, 5) is 8.30. The van der Waals surface area contributed by atoms with Crippen molar-refractivity contribution < 1.29 is 4.74 Å². The highest BCUT2D eigenvalue weighted by Gasteiger charge is 2.12. The molecule has 100 valence electrons. The Hall–Kier alpha value is -1.52. The predicted molar refractivity (Wildman–Crippen MR) is 77.5 cm³/mol. The molecule has 0 aliphatic heterocycles. The Bertz CT molecular complexity index is 590. The minimum atomic E-state index is 0.444. The van der Waals surface area contributed by atoms with Crippen LogP contribution >= 0.6 is 23.2 Å². The topological polar surface area (TPSA) is 47.0 Å². The van der Waals surface area contributed by atoms with Crippen molar-refractivity contribution >= 4 is 29.0 Å². The number of ether oxygens (including phenoxy) is 1. The maximum absolute atomic E-state index is 6.08. The molecule has 19 heavy (non-hydrogen) atoms. The number of nitrogens with zero attached hydrogens (tertiary/aromatic N) is 2. The summed E-state index contributed by atoms with van der Waals surface area (Å²) in [5.74, 6) is 1.75. The van der Waals surface area contributed by atoms with Crippen LogP contribution in [0.15, 0.2) is 24.5 Å². The molecule has 0 amide bonds. The van der Waals surface area contributed by atoms with E-state index in [9.17, 15) is 0 Å². The Balaban J connectivity index is 2.37. The van der Waals surface area contributed by atoms with E-state index < -0.39 is 0 Å². The van der Waals surface area contributed by atoms with Crippen LogP contribution < -0.4 is 10.1 Å². The molecule has 0 atom stereocenters. The predicted octanol–water partition coefficient (Wildman–Crippen LogP) is 4.18. The molecule has 0 unspecified atom stereocenters. The fraction of sp³-hybridized carbons (Fsp3) is 0.231. The lowest BCUT2D eigenvalue weighted by Gasteiger charge is -2.12. The molecule has 1 aromatic heterocycles. The highest BCUT2D eigenvalue weighted by Crippen LogP contribution is 2.33. The summed E-state index contributed by atoms with van der Waals surface area (Å²) >= 11 is 11.9. The normalized spacial score (nSPS) is 10.3. The molecule has 0 fully saturated rings. The fourth-order valence-electron chi connectivity index (χ4n) is 1.68. The van der Waals surface area contributed by atoms with Gasteiger partial charge in [-0.15, -0.1) is 0 Å². The monoisotopic (exact) mass is 297 g/mol. The number of rotatable bonds is 4. The van der Waals surface area contributed by atoms with Crippen LogP contribution in [0.5, 0.6) is 11.6 Å². The quantitative estimate of drug-likeness (QED) is 0.919. The zero-order chi connectivity index (χ0) is 13.8. The lowest BCUT2D eigenvalue weighted by atomic mass is 10.2. The largest absolute Gasteiger partial charge is 0.437 e. The van der Waals surface area contributed by atoms with Crippen LogP contribution in [-0.2, 0) is 6.42 Å². The summed E-state index contributed by atoms with van der Waals surface area (Å²) in [7, 11) is 1.81. The van der Waals surface area contributed by atoms with Crippen LogP contribution in [0.2, 0.25) is 10.0 Å². The van der Waals surface area contributed by atoms with Gasteiger partial charge in [-0.05, 0) is 24.6 Å². The maximum atomic E-state index is 6.08. The van der Waals surface area contributed by atoms with Gasteiger partial charge in [0.15, 0.2) is 0 Å². The van der Waals surface area contributed by atoms with E-state index in [2.05, 4.69) is 15.3 Å². The Morgan fingerprint density at radius 3 is 2.68 bits per heavy atom. The number of aromatic nitrogens is 2. The van der Waals surface area contributed by atoms with Crippen LogP contribution in [0, 0.1) is 0 Å². The first kappa shape index (κ1) is 13.9. The van der Waals surface area contributed by atoms with E-state index in [1.165, 1.54) is 6.33 Å². The maximum Gasteiger partial charge on any atom is 0.227 e. The summed E-state index contributed by atoms with van der Waals surface area (Å²) in [5, 5.41) is 4.02. The molecule has 2 aromatic rings. The summed E-state index contributed by atoms with van der Waals surface area (Å²) in [6.07, 6.45) is 2.20. The van der Waals surface area contributed by atoms with Crippen molar-refractivity contribution in [2.45, 2.75) is 13.3 Å². The lowest BCUT2D eigenvalue weighted by Crippen LogP contribution is -2.02. The number of nitrogens with one attached hydrogen (secondary N) is 1. The number of hydrogen-bond acceptors (Lipinski definition) is 4. The first-order chi connectivity index (χ1) is 9.15. The average Bonchev–Trinajstić information content (AvgIpc) is 2.41. The second kappa shape index (κ2) is 6.08. The summed E-state index contributed by atoms with van der Waals surface area (Å²) in [6, 6.07) is 5.06. The Morgan fingerprint density at radius 2 is 2.05 bits per heavy atom. The highest BCUT2D eigenvalue weighted by molar-refractivity contribution is 6.35. The van der Waals surface area contributed by atoms with E-state index in [-0.39, 0.29) is 0 Å². The molecule has 4 nitrogen and oxygen atoms in total. The molecule has 0 aliphatic rings. The molecular weight excluding hydrogens is 285 g/mol. The molecule has 0 spiro atoms. The Labute approximate surface area is 121 Å². The average molecular weight is 298 g/mol. The van der Waals surface area contributed by atoms with Crippen molar-refractivity contribution in [1.82, 2.24) is 9.97 Å².